The van der Waals surface area contributed by atoms with Crippen molar-refractivity contribution in [1.29, 1.82) is 5.26 Å². The minimum Gasteiger partial charge on any atom is -0.398 e. The second kappa shape index (κ2) is 6.43. The molecule has 0 radical (unpaired) electrons. The molecule has 1 aromatic carbocycles. The van der Waals surface area contributed by atoms with Crippen LogP contribution in [0.25, 0.3) is 0 Å². The molecule has 1 aliphatic carbocycles. The van der Waals surface area contributed by atoms with Gasteiger partial charge in [0, 0.05) is 6.04 Å². The van der Waals surface area contributed by atoms with E-state index in [0.717, 1.165) is 19.3 Å². The van der Waals surface area contributed by atoms with E-state index < -0.39 is 22.2 Å². The predicted molar refractivity (Wildman–Crippen MR) is 78.8 cm³/mol. The minimum absolute atomic E-state index is 0.0321. The molecule has 1 fully saturated rings. The van der Waals surface area contributed by atoms with E-state index in [2.05, 4.69) is 4.72 Å². The summed E-state index contributed by atoms with van der Waals surface area (Å²) in [5.41, 5.74) is 6.06. The summed E-state index contributed by atoms with van der Waals surface area (Å²) < 4.78 is 27.3. The van der Waals surface area contributed by atoms with E-state index in [-0.39, 0.29) is 10.6 Å². The molecule has 0 saturated heterocycles. The maximum Gasteiger partial charge on any atom is 0.242 e. The zero-order valence-corrected chi connectivity index (χ0v) is 12.4. The van der Waals surface area contributed by atoms with Crippen molar-refractivity contribution in [3.05, 3.63) is 23.8 Å². The first-order valence-electron chi connectivity index (χ1n) is 6.94. The van der Waals surface area contributed by atoms with Crippen LogP contribution < -0.4 is 10.5 Å². The van der Waals surface area contributed by atoms with Crippen molar-refractivity contribution in [2.45, 2.75) is 49.1 Å². The molecule has 0 heterocycles. The topological polar surface area (TPSA) is 116 Å². The third kappa shape index (κ3) is 3.73. The maximum absolute atomic E-state index is 12.4. The molecule has 7 heteroatoms. The van der Waals surface area contributed by atoms with E-state index >= 15 is 0 Å². The number of benzene rings is 1. The number of nitrogens with one attached hydrogen (secondary N) is 1. The Hall–Kier alpha value is -1.62. The fourth-order valence-corrected chi connectivity index (χ4v) is 3.97. The Bertz CT molecular complexity index is 652. The van der Waals surface area contributed by atoms with Crippen LogP contribution in [0.2, 0.25) is 0 Å². The standard InChI is InChI=1S/C14H19N3O3S/c15-9-10-6-7-14(11(16)8-10)21(19,20)17-12-4-2-1-3-5-13(12)18/h6-8,12-13,17-18H,1-5,16H2. The van der Waals surface area contributed by atoms with Crippen LogP contribution in [-0.2, 0) is 10.0 Å². The number of anilines is 1. The summed E-state index contributed by atoms with van der Waals surface area (Å²) in [7, 11) is -3.81. The summed E-state index contributed by atoms with van der Waals surface area (Å²) in [5.74, 6) is 0. The Kier molecular flexibility index (Phi) is 4.83. The molecule has 0 aliphatic heterocycles. The first-order valence-corrected chi connectivity index (χ1v) is 8.42. The van der Waals surface area contributed by atoms with Crippen LogP contribution in [0.1, 0.15) is 37.7 Å². The monoisotopic (exact) mass is 309 g/mol. The Morgan fingerprint density at radius 2 is 2.00 bits per heavy atom. The predicted octanol–water partition coefficient (Wildman–Crippen LogP) is 1.11. The van der Waals surface area contributed by atoms with Gasteiger partial charge in [-0.3, -0.25) is 0 Å². The fourth-order valence-electron chi connectivity index (χ4n) is 2.55. The summed E-state index contributed by atoms with van der Waals surface area (Å²) in [6.07, 6.45) is 3.30. The van der Waals surface area contributed by atoms with Crippen molar-refractivity contribution in [3.8, 4) is 6.07 Å². The lowest BCUT2D eigenvalue weighted by Gasteiger charge is -2.22. The fraction of sp³-hybridized carbons (Fsp3) is 0.500. The summed E-state index contributed by atoms with van der Waals surface area (Å²) in [5, 5.41) is 18.8. The van der Waals surface area contributed by atoms with Gasteiger partial charge in [-0.05, 0) is 31.0 Å². The van der Waals surface area contributed by atoms with Gasteiger partial charge in [-0.2, -0.15) is 5.26 Å². The highest BCUT2D eigenvalue weighted by molar-refractivity contribution is 7.89. The Morgan fingerprint density at radius 3 is 2.67 bits per heavy atom. The number of aliphatic hydroxyl groups is 1. The molecule has 6 nitrogen and oxygen atoms in total. The lowest BCUT2D eigenvalue weighted by atomic mass is 10.1. The van der Waals surface area contributed by atoms with Gasteiger partial charge >= 0.3 is 0 Å². The number of nitriles is 1. The molecule has 4 N–H and O–H groups in total. The average molecular weight is 309 g/mol. The molecular weight excluding hydrogens is 290 g/mol. The number of rotatable bonds is 3. The van der Waals surface area contributed by atoms with Gasteiger partial charge in [0.05, 0.1) is 23.4 Å². The second-order valence-electron chi connectivity index (χ2n) is 5.30. The largest absolute Gasteiger partial charge is 0.398 e. The molecule has 1 aliphatic rings. The molecule has 0 amide bonds. The highest BCUT2D eigenvalue weighted by Gasteiger charge is 2.28. The molecule has 114 valence electrons. The second-order valence-corrected chi connectivity index (χ2v) is 6.98. The van der Waals surface area contributed by atoms with E-state index in [1.54, 1.807) is 0 Å². The zero-order chi connectivity index (χ0) is 15.5. The Morgan fingerprint density at radius 1 is 1.29 bits per heavy atom. The van der Waals surface area contributed by atoms with Gasteiger partial charge in [0.1, 0.15) is 4.90 Å². The van der Waals surface area contributed by atoms with Crippen LogP contribution in [0.4, 0.5) is 5.69 Å². The number of nitrogen functional groups attached to an aromatic ring is 1. The number of nitrogens with two attached hydrogens (primary N) is 1. The Labute approximate surface area is 124 Å². The third-order valence-corrected chi connectivity index (χ3v) is 5.28. The van der Waals surface area contributed by atoms with Crippen LogP contribution in [-0.4, -0.2) is 25.7 Å². The smallest absolute Gasteiger partial charge is 0.242 e. The van der Waals surface area contributed by atoms with Gasteiger partial charge < -0.3 is 10.8 Å². The van der Waals surface area contributed by atoms with Crippen LogP contribution >= 0.6 is 0 Å². The van der Waals surface area contributed by atoms with Crippen molar-refractivity contribution >= 4 is 15.7 Å². The molecule has 2 rings (SSSR count). The van der Waals surface area contributed by atoms with Crippen LogP contribution in [0.15, 0.2) is 23.1 Å². The molecule has 0 spiro atoms. The number of nitrogens with zero attached hydrogens (tertiary/aromatic N) is 1. The van der Waals surface area contributed by atoms with Gasteiger partial charge in [-0.15, -0.1) is 0 Å². The first-order chi connectivity index (χ1) is 9.94. The highest BCUT2D eigenvalue weighted by Crippen LogP contribution is 2.23. The molecule has 2 unspecified atom stereocenters. The van der Waals surface area contributed by atoms with Crippen molar-refractivity contribution in [1.82, 2.24) is 4.72 Å². The quantitative estimate of drug-likeness (QED) is 0.571. The summed E-state index contributed by atoms with van der Waals surface area (Å²) in [4.78, 5) is -0.0575. The van der Waals surface area contributed by atoms with Crippen molar-refractivity contribution in [2.24, 2.45) is 0 Å². The lowest BCUT2D eigenvalue weighted by Crippen LogP contribution is -2.42. The lowest BCUT2D eigenvalue weighted by molar-refractivity contribution is 0.130. The molecule has 21 heavy (non-hydrogen) atoms. The normalized spacial score (nSPS) is 23.2. The van der Waals surface area contributed by atoms with Gasteiger partial charge in [0.15, 0.2) is 0 Å². The van der Waals surface area contributed by atoms with E-state index in [0.29, 0.717) is 18.4 Å². The van der Waals surface area contributed by atoms with Gasteiger partial charge in [-0.25, -0.2) is 13.1 Å². The van der Waals surface area contributed by atoms with Gasteiger partial charge in [0.25, 0.3) is 0 Å². The summed E-state index contributed by atoms with van der Waals surface area (Å²) in [6.45, 7) is 0. The number of aliphatic hydroxyl groups excluding tert-OH is 1. The van der Waals surface area contributed by atoms with E-state index in [4.69, 9.17) is 11.0 Å². The zero-order valence-electron chi connectivity index (χ0n) is 11.6. The molecule has 1 saturated carbocycles. The Balaban J connectivity index is 2.24. The van der Waals surface area contributed by atoms with Crippen molar-refractivity contribution in [3.63, 3.8) is 0 Å². The third-order valence-electron chi connectivity index (χ3n) is 3.71. The van der Waals surface area contributed by atoms with Crippen molar-refractivity contribution in [2.75, 3.05) is 5.73 Å². The summed E-state index contributed by atoms with van der Waals surface area (Å²) in [6, 6.07) is 5.48. The van der Waals surface area contributed by atoms with E-state index in [1.807, 2.05) is 6.07 Å². The number of hydrogen-bond acceptors (Lipinski definition) is 5. The number of hydrogen-bond donors (Lipinski definition) is 3. The molecular formula is C14H19N3O3S. The number of sulfonamides is 1. The maximum atomic E-state index is 12.4. The highest BCUT2D eigenvalue weighted by atomic mass is 32.2. The van der Waals surface area contributed by atoms with Gasteiger partial charge in [-0.1, -0.05) is 19.3 Å². The SMILES string of the molecule is N#Cc1ccc(S(=O)(=O)NC2CCCCCC2O)c(N)c1. The van der Waals surface area contributed by atoms with Crippen LogP contribution in [0.5, 0.6) is 0 Å². The average Bonchev–Trinajstić information content (AvgIpc) is 2.63. The van der Waals surface area contributed by atoms with E-state index in [1.165, 1.54) is 18.2 Å². The van der Waals surface area contributed by atoms with Gasteiger partial charge in [0.2, 0.25) is 10.0 Å². The molecule has 0 bridgehead atoms. The minimum atomic E-state index is -3.81. The first kappa shape index (κ1) is 15.8. The molecule has 1 aromatic rings. The molecule has 0 aromatic heterocycles. The van der Waals surface area contributed by atoms with Crippen molar-refractivity contribution < 1.29 is 13.5 Å². The molecule has 2 atom stereocenters. The van der Waals surface area contributed by atoms with Crippen LogP contribution in [0, 0.1) is 11.3 Å². The van der Waals surface area contributed by atoms with E-state index in [9.17, 15) is 13.5 Å². The van der Waals surface area contributed by atoms with Crippen LogP contribution in [0.3, 0.4) is 0 Å². The summed E-state index contributed by atoms with van der Waals surface area (Å²) >= 11 is 0.